The number of nitrogens with zero attached hydrogens (tertiary/aromatic N) is 1. The standard InChI is InChI=1S/C24H38N2O4.2ClH/c1-14(2)9-17-13-26-8-7-16-10-21(29-5)22(30-6)11-18(16)20(26)12-19(17)24(25,15(3)4)23(27)28;;/h10,14-15,17,19H,7-9,11-13,25H2,1-6H3,(H,27,28);2*1H. The van der Waals surface area contributed by atoms with Crippen LogP contribution in [0.3, 0.4) is 0 Å². The van der Waals surface area contributed by atoms with Crippen molar-refractivity contribution >= 4 is 30.8 Å². The number of methoxy groups -OCH3 is 2. The summed E-state index contributed by atoms with van der Waals surface area (Å²) >= 11 is 0. The van der Waals surface area contributed by atoms with E-state index >= 15 is 0 Å². The molecular weight excluding hydrogens is 451 g/mol. The fourth-order valence-electron chi connectivity index (χ4n) is 5.60. The maximum Gasteiger partial charge on any atom is 0.324 e. The van der Waals surface area contributed by atoms with E-state index in [0.717, 1.165) is 37.4 Å². The van der Waals surface area contributed by atoms with E-state index in [1.54, 1.807) is 14.2 Å². The number of carboxylic acid groups (broad SMARTS) is 1. The smallest absolute Gasteiger partial charge is 0.324 e. The molecule has 0 radical (unpaired) electrons. The maximum absolute atomic E-state index is 12.4. The lowest BCUT2D eigenvalue weighted by molar-refractivity contribution is -0.150. The van der Waals surface area contributed by atoms with Gasteiger partial charge < -0.3 is 25.2 Å². The molecule has 32 heavy (non-hydrogen) atoms. The van der Waals surface area contributed by atoms with Crippen molar-refractivity contribution < 1.29 is 19.4 Å². The Hall–Kier alpha value is -1.37. The number of hydrogen-bond acceptors (Lipinski definition) is 5. The minimum atomic E-state index is -1.24. The Morgan fingerprint density at radius 1 is 1.25 bits per heavy atom. The number of aliphatic carboxylic acids is 1. The second-order valence-corrected chi connectivity index (χ2v) is 9.76. The molecular formula is C24H40Cl2N2O4. The molecule has 0 saturated carbocycles. The number of carbonyl (C=O) groups is 1. The molecule has 3 rings (SSSR count). The lowest BCUT2D eigenvalue weighted by Crippen LogP contribution is -2.63. The van der Waals surface area contributed by atoms with Crippen LogP contribution in [0.1, 0.15) is 53.4 Å². The lowest BCUT2D eigenvalue weighted by Gasteiger charge is -2.51. The van der Waals surface area contributed by atoms with E-state index < -0.39 is 11.5 Å². The molecule has 1 fully saturated rings. The van der Waals surface area contributed by atoms with E-state index in [9.17, 15) is 9.90 Å². The van der Waals surface area contributed by atoms with Gasteiger partial charge in [0.1, 0.15) is 11.3 Å². The number of nitrogens with two attached hydrogens (primary N) is 1. The van der Waals surface area contributed by atoms with E-state index in [-0.39, 0.29) is 42.6 Å². The van der Waals surface area contributed by atoms with Gasteiger partial charge in [-0.2, -0.15) is 0 Å². The highest BCUT2D eigenvalue weighted by atomic mass is 35.5. The number of fused-ring (bicyclic) bond motifs is 2. The molecule has 0 aromatic rings. The minimum Gasteiger partial charge on any atom is -0.497 e. The molecule has 8 heteroatoms. The third-order valence-corrected chi connectivity index (χ3v) is 7.30. The van der Waals surface area contributed by atoms with Gasteiger partial charge in [0.05, 0.1) is 14.2 Å². The molecule has 0 aromatic carbocycles. The minimum absolute atomic E-state index is 0. The van der Waals surface area contributed by atoms with Crippen molar-refractivity contribution in [3.63, 3.8) is 0 Å². The topological polar surface area (TPSA) is 85.0 Å². The Morgan fingerprint density at radius 3 is 2.41 bits per heavy atom. The number of piperidine rings is 1. The molecule has 0 bridgehead atoms. The van der Waals surface area contributed by atoms with Crippen LogP contribution in [-0.2, 0) is 14.3 Å². The number of halogens is 2. The van der Waals surface area contributed by atoms with Crippen LogP contribution in [0.25, 0.3) is 0 Å². The number of hydrogen-bond donors (Lipinski definition) is 2. The molecule has 3 unspecified atom stereocenters. The fourth-order valence-corrected chi connectivity index (χ4v) is 5.60. The summed E-state index contributed by atoms with van der Waals surface area (Å²) in [4.78, 5) is 14.9. The van der Waals surface area contributed by atoms with Crippen molar-refractivity contribution in [3.8, 4) is 0 Å². The van der Waals surface area contributed by atoms with Crippen LogP contribution in [0.2, 0.25) is 0 Å². The highest BCUT2D eigenvalue weighted by molar-refractivity contribution is 5.85. The van der Waals surface area contributed by atoms with Crippen LogP contribution in [0.15, 0.2) is 34.4 Å². The monoisotopic (exact) mass is 490 g/mol. The molecule has 0 amide bonds. The third kappa shape index (κ3) is 5.07. The van der Waals surface area contributed by atoms with Crippen LogP contribution in [-0.4, -0.2) is 48.8 Å². The van der Waals surface area contributed by atoms with Crippen LogP contribution < -0.4 is 5.73 Å². The van der Waals surface area contributed by atoms with Gasteiger partial charge in [-0.15, -0.1) is 24.8 Å². The Kier molecular flexibility index (Phi) is 10.0. The first-order valence-corrected chi connectivity index (χ1v) is 11.1. The summed E-state index contributed by atoms with van der Waals surface area (Å²) in [5.74, 6) is 1.24. The number of rotatable bonds is 7. The molecule has 0 spiro atoms. The Balaban J connectivity index is 0.00000256. The Morgan fingerprint density at radius 2 is 1.91 bits per heavy atom. The van der Waals surface area contributed by atoms with E-state index in [0.29, 0.717) is 18.8 Å². The van der Waals surface area contributed by atoms with Crippen molar-refractivity contribution in [1.29, 1.82) is 0 Å². The SMILES string of the molecule is COC1=C(OC)CC2=C3CC(C(N)(C(=O)O)C(C)C)C(CC(C)C)CN3CCC2=C1.Cl.Cl. The molecule has 3 aliphatic rings. The zero-order valence-electron chi connectivity index (χ0n) is 20.1. The molecule has 3 atom stereocenters. The van der Waals surface area contributed by atoms with Crippen LogP contribution in [0.4, 0.5) is 0 Å². The summed E-state index contributed by atoms with van der Waals surface area (Å²) in [6.07, 6.45) is 5.43. The summed E-state index contributed by atoms with van der Waals surface area (Å²) in [6, 6.07) is 0. The molecule has 6 nitrogen and oxygen atoms in total. The van der Waals surface area contributed by atoms with Crippen molar-refractivity contribution in [2.45, 2.75) is 58.9 Å². The largest absolute Gasteiger partial charge is 0.497 e. The first kappa shape index (κ1) is 28.7. The predicted molar refractivity (Wildman–Crippen MR) is 132 cm³/mol. The second kappa shape index (κ2) is 11.2. The third-order valence-electron chi connectivity index (χ3n) is 7.30. The van der Waals surface area contributed by atoms with Gasteiger partial charge in [0, 0.05) is 25.2 Å². The summed E-state index contributed by atoms with van der Waals surface area (Å²) in [7, 11) is 3.35. The highest BCUT2D eigenvalue weighted by Crippen LogP contribution is 2.47. The summed E-state index contributed by atoms with van der Waals surface area (Å²) in [5.41, 5.74) is 9.25. The number of ether oxygens (including phenoxy) is 2. The van der Waals surface area contributed by atoms with Gasteiger partial charge in [0.2, 0.25) is 0 Å². The van der Waals surface area contributed by atoms with E-state index in [2.05, 4.69) is 24.8 Å². The first-order chi connectivity index (χ1) is 14.1. The maximum atomic E-state index is 12.4. The van der Waals surface area contributed by atoms with Gasteiger partial charge in [-0.1, -0.05) is 27.7 Å². The van der Waals surface area contributed by atoms with Crippen molar-refractivity contribution in [3.05, 3.63) is 34.4 Å². The lowest BCUT2D eigenvalue weighted by atomic mass is 9.63. The van der Waals surface area contributed by atoms with Crippen LogP contribution >= 0.6 is 24.8 Å². The normalized spacial score (nSPS) is 24.7. The average molecular weight is 492 g/mol. The van der Waals surface area contributed by atoms with Crippen molar-refractivity contribution in [2.75, 3.05) is 27.3 Å². The summed E-state index contributed by atoms with van der Waals surface area (Å²) in [5, 5.41) is 10.2. The van der Waals surface area contributed by atoms with Crippen molar-refractivity contribution in [2.24, 2.45) is 29.4 Å². The zero-order valence-corrected chi connectivity index (χ0v) is 21.8. The molecule has 1 saturated heterocycles. The van der Waals surface area contributed by atoms with E-state index in [4.69, 9.17) is 15.2 Å². The molecule has 0 aromatic heterocycles. The fraction of sp³-hybridized carbons (Fsp3) is 0.708. The Labute approximate surface area is 205 Å². The van der Waals surface area contributed by atoms with E-state index in [1.807, 2.05) is 13.8 Å². The molecule has 3 N–H and O–H groups in total. The van der Waals surface area contributed by atoms with Crippen molar-refractivity contribution in [1.82, 2.24) is 4.90 Å². The van der Waals surface area contributed by atoms with E-state index in [1.165, 1.54) is 16.8 Å². The molecule has 2 aliphatic heterocycles. The van der Waals surface area contributed by atoms with Gasteiger partial charge in [-0.05, 0) is 60.2 Å². The van der Waals surface area contributed by atoms with Crippen LogP contribution in [0, 0.1) is 23.7 Å². The average Bonchev–Trinajstić information content (AvgIpc) is 2.70. The summed E-state index contributed by atoms with van der Waals surface area (Å²) in [6.45, 7) is 10.1. The quantitative estimate of drug-likeness (QED) is 0.535. The Bertz CT molecular complexity index is 791. The summed E-state index contributed by atoms with van der Waals surface area (Å²) < 4.78 is 11.1. The number of allylic oxidation sites excluding steroid dienone is 3. The highest BCUT2D eigenvalue weighted by Gasteiger charge is 2.51. The van der Waals surface area contributed by atoms with Gasteiger partial charge in [0.25, 0.3) is 0 Å². The zero-order chi connectivity index (χ0) is 22.2. The second-order valence-electron chi connectivity index (χ2n) is 9.76. The predicted octanol–water partition coefficient (Wildman–Crippen LogP) is 4.74. The van der Waals surface area contributed by atoms with Crippen LogP contribution in [0.5, 0.6) is 0 Å². The molecule has 1 aliphatic carbocycles. The van der Waals surface area contributed by atoms with Gasteiger partial charge in [0.15, 0.2) is 5.76 Å². The number of carboxylic acids is 1. The molecule has 184 valence electrons. The molecule has 2 heterocycles. The van der Waals surface area contributed by atoms with Gasteiger partial charge in [-0.3, -0.25) is 4.79 Å². The first-order valence-electron chi connectivity index (χ1n) is 11.1. The van der Waals surface area contributed by atoms with Gasteiger partial charge in [-0.25, -0.2) is 0 Å². The van der Waals surface area contributed by atoms with Gasteiger partial charge >= 0.3 is 5.97 Å².